The molecule has 3 aromatic rings. The summed E-state index contributed by atoms with van der Waals surface area (Å²) in [4.78, 5) is 23.5. The van der Waals surface area contributed by atoms with Gasteiger partial charge in [-0.05, 0) is 79.0 Å². The first-order chi connectivity index (χ1) is 20.4. The Morgan fingerprint density at radius 2 is 1.56 bits per heavy atom. The summed E-state index contributed by atoms with van der Waals surface area (Å²) in [5.41, 5.74) is 5.10. The summed E-state index contributed by atoms with van der Waals surface area (Å²) in [5.74, 6) is 0.443. The van der Waals surface area contributed by atoms with Gasteiger partial charge in [0.1, 0.15) is 6.10 Å². The van der Waals surface area contributed by atoms with Crippen LogP contribution in [-0.2, 0) is 14.9 Å². The van der Waals surface area contributed by atoms with Crippen molar-refractivity contribution < 1.29 is 14.5 Å². The lowest BCUT2D eigenvalue weighted by Crippen LogP contribution is -2.43. The summed E-state index contributed by atoms with van der Waals surface area (Å²) >= 11 is 0. The molecule has 1 aliphatic carbocycles. The van der Waals surface area contributed by atoms with Crippen LogP contribution in [0.3, 0.4) is 0 Å². The van der Waals surface area contributed by atoms with Crippen molar-refractivity contribution in [3.63, 3.8) is 0 Å². The van der Waals surface area contributed by atoms with Crippen LogP contribution in [0.15, 0.2) is 108 Å². The van der Waals surface area contributed by atoms with E-state index in [9.17, 15) is 14.9 Å². The molecule has 3 aromatic carbocycles. The first-order valence-corrected chi connectivity index (χ1v) is 15.1. The van der Waals surface area contributed by atoms with E-state index in [2.05, 4.69) is 63.2 Å². The number of nitro groups is 1. The van der Waals surface area contributed by atoms with E-state index in [1.54, 1.807) is 12.1 Å². The second kappa shape index (κ2) is 13.8. The van der Waals surface area contributed by atoms with Crippen molar-refractivity contribution in [3.8, 4) is 0 Å². The molecule has 3 atom stereocenters. The number of ether oxygens (including phenoxy) is 1. The standard InChI is InChI=1S/C38H43NO4/c1-26(21-28(3)22-29(4)23-30-13-17-34(18-14-30)39(41)42)12-20-37(40)43-36-24-27(2)11-19-35(36)38(5,6)33-16-15-31-9-7-8-10-32(31)25-33/h7-10,12-18,20-23,25,27,35-36H,11,19,24H2,1-6H3/b20-12+,26-21-,28-22-,29-23+/t27-,35-,36-/m1/s1. The Balaban J connectivity index is 1.42. The molecule has 43 heavy (non-hydrogen) atoms. The highest BCUT2D eigenvalue weighted by Gasteiger charge is 2.41. The molecule has 0 bridgehead atoms. The van der Waals surface area contributed by atoms with Crippen molar-refractivity contribution in [1.29, 1.82) is 0 Å². The molecule has 0 heterocycles. The fraction of sp³-hybridized carbons (Fsp3) is 0.342. The molecule has 0 aromatic heterocycles. The number of nitro benzene ring substituents is 1. The summed E-state index contributed by atoms with van der Waals surface area (Å²) in [6.45, 7) is 12.8. The minimum atomic E-state index is -0.401. The van der Waals surface area contributed by atoms with E-state index in [-0.39, 0.29) is 29.1 Å². The molecule has 1 aliphatic rings. The van der Waals surface area contributed by atoms with Gasteiger partial charge >= 0.3 is 5.97 Å². The third-order valence-corrected chi connectivity index (χ3v) is 8.63. The van der Waals surface area contributed by atoms with Gasteiger partial charge in [-0.2, -0.15) is 0 Å². The summed E-state index contributed by atoms with van der Waals surface area (Å²) in [6.07, 6.45) is 12.3. The molecule has 0 unspecified atom stereocenters. The third-order valence-electron chi connectivity index (χ3n) is 8.63. The molecular weight excluding hydrogens is 534 g/mol. The zero-order valence-corrected chi connectivity index (χ0v) is 26.2. The molecule has 1 fully saturated rings. The highest BCUT2D eigenvalue weighted by molar-refractivity contribution is 5.83. The number of benzene rings is 3. The molecule has 5 nitrogen and oxygen atoms in total. The predicted octanol–water partition coefficient (Wildman–Crippen LogP) is 9.93. The Labute approximate surface area is 255 Å². The second-order valence-corrected chi connectivity index (χ2v) is 12.6. The van der Waals surface area contributed by atoms with E-state index >= 15 is 0 Å². The van der Waals surface area contributed by atoms with Crippen LogP contribution in [0.4, 0.5) is 5.69 Å². The van der Waals surface area contributed by atoms with E-state index in [4.69, 9.17) is 4.74 Å². The maximum Gasteiger partial charge on any atom is 0.331 e. The van der Waals surface area contributed by atoms with Gasteiger partial charge in [0.15, 0.2) is 0 Å². The van der Waals surface area contributed by atoms with Gasteiger partial charge in [-0.15, -0.1) is 0 Å². The number of non-ortho nitro benzene ring substituents is 1. The van der Waals surface area contributed by atoms with E-state index in [0.29, 0.717) is 5.92 Å². The molecule has 0 saturated heterocycles. The fourth-order valence-corrected chi connectivity index (χ4v) is 6.28. The van der Waals surface area contributed by atoms with E-state index in [1.807, 2.05) is 45.1 Å². The van der Waals surface area contributed by atoms with Crippen molar-refractivity contribution in [2.24, 2.45) is 11.8 Å². The number of esters is 1. The highest BCUT2D eigenvalue weighted by atomic mass is 16.6. The molecule has 0 aliphatic heterocycles. The molecule has 5 heteroatoms. The number of hydrogen-bond donors (Lipinski definition) is 0. The number of nitrogens with zero attached hydrogens (tertiary/aromatic N) is 1. The maximum atomic E-state index is 13.0. The lowest BCUT2D eigenvalue weighted by molar-refractivity contribution is -0.384. The quantitative estimate of drug-likeness (QED) is 0.0834. The van der Waals surface area contributed by atoms with Crippen LogP contribution in [0.1, 0.15) is 71.9 Å². The summed E-state index contributed by atoms with van der Waals surface area (Å²) in [5, 5.41) is 13.3. The first-order valence-electron chi connectivity index (χ1n) is 15.1. The monoisotopic (exact) mass is 577 g/mol. The number of hydrogen-bond acceptors (Lipinski definition) is 4. The van der Waals surface area contributed by atoms with Crippen molar-refractivity contribution in [3.05, 3.63) is 129 Å². The van der Waals surface area contributed by atoms with Crippen LogP contribution >= 0.6 is 0 Å². The molecule has 224 valence electrons. The molecular formula is C38H43NO4. The first kappa shape index (κ1) is 31.7. The van der Waals surface area contributed by atoms with Gasteiger partial charge in [0.05, 0.1) is 4.92 Å². The van der Waals surface area contributed by atoms with Crippen LogP contribution in [0, 0.1) is 22.0 Å². The number of fused-ring (bicyclic) bond motifs is 1. The van der Waals surface area contributed by atoms with Crippen molar-refractivity contribution in [1.82, 2.24) is 0 Å². The molecule has 0 spiro atoms. The van der Waals surface area contributed by atoms with Crippen molar-refractivity contribution >= 4 is 28.5 Å². The SMILES string of the molecule is CC(=C/C(C)=C/c1ccc([N+](=O)[O-])cc1)/C=C(C)\C=C\C(=O)O[C@@H]1C[C@H](C)CC[C@H]1C(C)(C)c1ccc2ccccc2c1. The summed E-state index contributed by atoms with van der Waals surface area (Å²) in [6, 6.07) is 21.6. The lowest BCUT2D eigenvalue weighted by Gasteiger charge is -2.44. The zero-order chi connectivity index (χ0) is 31.1. The number of carbonyl (C=O) groups excluding carboxylic acids is 1. The highest BCUT2D eigenvalue weighted by Crippen LogP contribution is 2.44. The van der Waals surface area contributed by atoms with Crippen LogP contribution in [0.5, 0.6) is 0 Å². The summed E-state index contributed by atoms with van der Waals surface area (Å²) in [7, 11) is 0. The van der Waals surface area contributed by atoms with Gasteiger partial charge in [-0.1, -0.05) is 111 Å². The fourth-order valence-electron chi connectivity index (χ4n) is 6.28. The molecule has 0 radical (unpaired) electrons. The number of rotatable bonds is 9. The van der Waals surface area contributed by atoms with Gasteiger partial charge < -0.3 is 4.74 Å². The van der Waals surface area contributed by atoms with Gasteiger partial charge in [-0.25, -0.2) is 4.79 Å². The predicted molar refractivity (Wildman–Crippen MR) is 177 cm³/mol. The second-order valence-electron chi connectivity index (χ2n) is 12.6. The van der Waals surface area contributed by atoms with Crippen LogP contribution in [0.2, 0.25) is 0 Å². The molecule has 0 amide bonds. The van der Waals surface area contributed by atoms with Gasteiger partial charge in [0.2, 0.25) is 0 Å². The Morgan fingerprint density at radius 1 is 0.884 bits per heavy atom. The minimum Gasteiger partial charge on any atom is -0.459 e. The smallest absolute Gasteiger partial charge is 0.331 e. The molecule has 4 rings (SSSR count). The molecule has 0 N–H and O–H groups in total. The average Bonchev–Trinajstić information content (AvgIpc) is 2.96. The minimum absolute atomic E-state index is 0.0764. The van der Waals surface area contributed by atoms with Crippen LogP contribution < -0.4 is 0 Å². The topological polar surface area (TPSA) is 69.4 Å². The van der Waals surface area contributed by atoms with Crippen molar-refractivity contribution in [2.45, 2.75) is 72.3 Å². The van der Waals surface area contributed by atoms with E-state index < -0.39 is 4.92 Å². The third kappa shape index (κ3) is 8.41. The lowest BCUT2D eigenvalue weighted by atomic mass is 9.64. The maximum absolute atomic E-state index is 13.0. The Hall–Kier alpha value is -4.25. The van der Waals surface area contributed by atoms with E-state index in [0.717, 1.165) is 41.5 Å². The Kier molecular flexibility index (Phi) is 10.2. The normalized spacial score (nSPS) is 20.4. The Bertz CT molecular complexity index is 1590. The van der Waals surface area contributed by atoms with Crippen LogP contribution in [-0.4, -0.2) is 17.0 Å². The average molecular weight is 578 g/mol. The van der Waals surface area contributed by atoms with Crippen LogP contribution in [0.25, 0.3) is 16.8 Å². The van der Waals surface area contributed by atoms with Gasteiger partial charge in [0, 0.05) is 24.1 Å². The number of carbonyl (C=O) groups is 1. The summed E-state index contributed by atoms with van der Waals surface area (Å²) < 4.78 is 6.16. The molecule has 1 saturated carbocycles. The van der Waals surface area contributed by atoms with Gasteiger partial charge in [-0.3, -0.25) is 10.1 Å². The van der Waals surface area contributed by atoms with Crippen molar-refractivity contribution in [2.75, 3.05) is 0 Å². The zero-order valence-electron chi connectivity index (χ0n) is 26.2. The van der Waals surface area contributed by atoms with E-state index in [1.165, 1.54) is 34.5 Å². The number of allylic oxidation sites excluding steroid dienone is 6. The Morgan fingerprint density at radius 3 is 2.26 bits per heavy atom. The largest absolute Gasteiger partial charge is 0.459 e. The van der Waals surface area contributed by atoms with Gasteiger partial charge in [0.25, 0.3) is 5.69 Å².